The van der Waals surface area contributed by atoms with Gasteiger partial charge in [-0.2, -0.15) is 5.01 Å². The van der Waals surface area contributed by atoms with Gasteiger partial charge in [-0.15, -0.1) is 0 Å². The van der Waals surface area contributed by atoms with Crippen LogP contribution in [0.2, 0.25) is 5.02 Å². The Morgan fingerprint density at radius 3 is 2.67 bits per heavy atom. The molecule has 2 aromatic carbocycles. The number of hydrogen-bond donors (Lipinski definition) is 1. The summed E-state index contributed by atoms with van der Waals surface area (Å²) < 4.78 is 11.9. The molecule has 0 saturated carbocycles. The molecule has 0 spiro atoms. The number of thioether (sulfide) groups is 1. The largest absolute Gasteiger partial charge is 0.490 e. The molecule has 6 nitrogen and oxygen atoms in total. The fourth-order valence-electron chi connectivity index (χ4n) is 2.96. The molecule has 0 aliphatic carbocycles. The van der Waals surface area contributed by atoms with Gasteiger partial charge in [0.1, 0.15) is 0 Å². The Morgan fingerprint density at radius 2 is 2.00 bits per heavy atom. The SMILES string of the molecule is CCOc1cc(/C=C2/SC(=S)N(NC(=O)c3ccc(C)cc3Cl)C2=O)ccc1O[C@H](C)CC. The molecule has 0 unspecified atom stereocenters. The Labute approximate surface area is 208 Å². The number of thiocarbonyl (C=S) groups is 1. The van der Waals surface area contributed by atoms with Gasteiger partial charge in [-0.05, 0) is 80.9 Å². The number of halogens is 1. The lowest BCUT2D eigenvalue weighted by atomic mass is 10.1. The maximum atomic E-state index is 12.9. The van der Waals surface area contributed by atoms with Crippen LogP contribution in [0.25, 0.3) is 6.08 Å². The summed E-state index contributed by atoms with van der Waals surface area (Å²) in [5, 5.41) is 1.37. The van der Waals surface area contributed by atoms with Gasteiger partial charge in [-0.1, -0.05) is 42.4 Å². The third kappa shape index (κ3) is 6.07. The highest BCUT2D eigenvalue weighted by molar-refractivity contribution is 8.26. The molecule has 1 aliphatic heterocycles. The normalized spacial score (nSPS) is 15.7. The lowest BCUT2D eigenvalue weighted by molar-refractivity contribution is -0.123. The van der Waals surface area contributed by atoms with Crippen LogP contribution in [0.4, 0.5) is 0 Å². The third-order valence-corrected chi connectivity index (χ3v) is 6.46. The van der Waals surface area contributed by atoms with E-state index in [1.807, 2.05) is 45.9 Å². The highest BCUT2D eigenvalue weighted by Gasteiger charge is 2.34. The molecule has 1 fully saturated rings. The number of rotatable bonds is 8. The van der Waals surface area contributed by atoms with E-state index in [0.717, 1.165) is 34.3 Å². The number of hydrazine groups is 1. The summed E-state index contributed by atoms with van der Waals surface area (Å²) in [5.41, 5.74) is 4.50. The molecule has 0 radical (unpaired) electrons. The summed E-state index contributed by atoms with van der Waals surface area (Å²) in [6.45, 7) is 8.30. The van der Waals surface area contributed by atoms with E-state index in [4.69, 9.17) is 33.3 Å². The monoisotopic (exact) mass is 504 g/mol. The molecule has 1 atom stereocenters. The molecule has 33 heavy (non-hydrogen) atoms. The first kappa shape index (κ1) is 25.1. The van der Waals surface area contributed by atoms with Crippen LogP contribution in [0.1, 0.15) is 48.7 Å². The maximum Gasteiger partial charge on any atom is 0.285 e. The Balaban J connectivity index is 1.80. The van der Waals surface area contributed by atoms with Crippen LogP contribution < -0.4 is 14.9 Å². The second-order valence-electron chi connectivity index (χ2n) is 7.42. The van der Waals surface area contributed by atoms with Gasteiger partial charge >= 0.3 is 0 Å². The minimum absolute atomic E-state index is 0.0527. The Hall–Kier alpha value is -2.55. The van der Waals surface area contributed by atoms with Crippen LogP contribution in [0, 0.1) is 6.92 Å². The molecule has 2 aromatic rings. The number of amides is 2. The minimum atomic E-state index is -0.511. The van der Waals surface area contributed by atoms with E-state index in [1.165, 1.54) is 0 Å². The molecule has 1 saturated heterocycles. The minimum Gasteiger partial charge on any atom is -0.490 e. The third-order valence-electron chi connectivity index (χ3n) is 4.84. The Morgan fingerprint density at radius 1 is 1.24 bits per heavy atom. The van der Waals surface area contributed by atoms with Gasteiger partial charge in [-0.25, -0.2) is 0 Å². The molecule has 0 aromatic heterocycles. The number of ether oxygens (including phenoxy) is 2. The van der Waals surface area contributed by atoms with Gasteiger partial charge in [0.2, 0.25) is 0 Å². The van der Waals surface area contributed by atoms with E-state index in [9.17, 15) is 9.59 Å². The average molecular weight is 505 g/mol. The molecule has 1 heterocycles. The lowest BCUT2D eigenvalue weighted by Gasteiger charge is -2.17. The zero-order valence-electron chi connectivity index (χ0n) is 18.8. The van der Waals surface area contributed by atoms with Crippen molar-refractivity contribution in [2.75, 3.05) is 6.61 Å². The number of carbonyl (C=O) groups excluding carboxylic acids is 2. The topological polar surface area (TPSA) is 67.9 Å². The summed E-state index contributed by atoms with van der Waals surface area (Å²) in [5.74, 6) is 0.324. The number of carbonyl (C=O) groups is 2. The van der Waals surface area contributed by atoms with Crippen LogP contribution in [0.5, 0.6) is 11.5 Å². The summed E-state index contributed by atoms with van der Waals surface area (Å²) in [6, 6.07) is 10.6. The molecular formula is C24H25ClN2O4S2. The van der Waals surface area contributed by atoms with Gasteiger partial charge in [0, 0.05) is 0 Å². The van der Waals surface area contributed by atoms with E-state index >= 15 is 0 Å². The van der Waals surface area contributed by atoms with Crippen molar-refractivity contribution in [3.05, 3.63) is 63.0 Å². The first-order chi connectivity index (χ1) is 15.7. The number of aryl methyl sites for hydroxylation is 1. The predicted octanol–water partition coefficient (Wildman–Crippen LogP) is 5.77. The fourth-order valence-corrected chi connectivity index (χ4v) is 4.46. The first-order valence-corrected chi connectivity index (χ1v) is 12.1. The molecule has 1 N–H and O–H groups in total. The summed E-state index contributed by atoms with van der Waals surface area (Å²) in [6.07, 6.45) is 2.63. The summed E-state index contributed by atoms with van der Waals surface area (Å²) in [4.78, 5) is 26.0. The van der Waals surface area contributed by atoms with E-state index < -0.39 is 11.8 Å². The van der Waals surface area contributed by atoms with Crippen LogP contribution in [-0.4, -0.2) is 33.9 Å². The zero-order chi connectivity index (χ0) is 24.1. The molecule has 1 aliphatic rings. The quantitative estimate of drug-likeness (QED) is 0.363. The van der Waals surface area contributed by atoms with Gasteiger partial charge in [0.25, 0.3) is 11.8 Å². The number of nitrogens with zero attached hydrogens (tertiary/aromatic N) is 1. The molecule has 9 heteroatoms. The predicted molar refractivity (Wildman–Crippen MR) is 137 cm³/mol. The van der Waals surface area contributed by atoms with E-state index in [0.29, 0.717) is 28.0 Å². The van der Waals surface area contributed by atoms with Crippen molar-refractivity contribution in [2.45, 2.75) is 40.2 Å². The smallest absolute Gasteiger partial charge is 0.285 e. The van der Waals surface area contributed by atoms with E-state index in [-0.39, 0.29) is 16.0 Å². The Kier molecular flexibility index (Phi) is 8.40. The number of nitrogens with one attached hydrogen (secondary N) is 1. The number of benzene rings is 2. The van der Waals surface area contributed by atoms with E-state index in [2.05, 4.69) is 5.43 Å². The summed E-state index contributed by atoms with van der Waals surface area (Å²) in [7, 11) is 0. The molecule has 2 amide bonds. The second-order valence-corrected chi connectivity index (χ2v) is 9.50. The van der Waals surface area contributed by atoms with Gasteiger partial charge in [0.15, 0.2) is 15.8 Å². The maximum absolute atomic E-state index is 12.9. The van der Waals surface area contributed by atoms with Gasteiger partial charge in [0.05, 0.1) is 28.2 Å². The van der Waals surface area contributed by atoms with Crippen molar-refractivity contribution in [3.63, 3.8) is 0 Å². The van der Waals surface area contributed by atoms with Gasteiger partial charge < -0.3 is 9.47 Å². The van der Waals surface area contributed by atoms with Crippen LogP contribution in [0.15, 0.2) is 41.3 Å². The molecule has 3 rings (SSSR count). The standard InChI is InChI=1S/C24H25ClN2O4S2/c1-5-15(4)31-19-10-8-16(12-20(19)30-6-2)13-21-23(29)27(24(32)33-21)26-22(28)17-9-7-14(3)11-18(17)25/h7-13,15H,5-6H2,1-4H3,(H,26,28)/b21-13+/t15-/m1/s1. The van der Waals surface area contributed by atoms with Crippen molar-refractivity contribution in [3.8, 4) is 11.5 Å². The van der Waals surface area contributed by atoms with Crippen molar-refractivity contribution >= 4 is 57.8 Å². The van der Waals surface area contributed by atoms with Crippen molar-refractivity contribution in [1.82, 2.24) is 10.4 Å². The van der Waals surface area contributed by atoms with Crippen LogP contribution in [0.3, 0.4) is 0 Å². The lowest BCUT2D eigenvalue weighted by Crippen LogP contribution is -2.44. The summed E-state index contributed by atoms with van der Waals surface area (Å²) >= 11 is 12.6. The Bertz CT molecular complexity index is 1120. The van der Waals surface area contributed by atoms with Crippen molar-refractivity contribution in [1.29, 1.82) is 0 Å². The van der Waals surface area contributed by atoms with Crippen molar-refractivity contribution in [2.24, 2.45) is 0 Å². The highest BCUT2D eigenvalue weighted by Crippen LogP contribution is 2.35. The average Bonchev–Trinajstić information content (AvgIpc) is 3.02. The highest BCUT2D eigenvalue weighted by atomic mass is 35.5. The zero-order valence-corrected chi connectivity index (χ0v) is 21.2. The number of hydrogen-bond acceptors (Lipinski definition) is 6. The van der Waals surface area contributed by atoms with Gasteiger partial charge in [-0.3, -0.25) is 15.0 Å². The van der Waals surface area contributed by atoms with Crippen molar-refractivity contribution < 1.29 is 19.1 Å². The molecule has 0 bridgehead atoms. The van der Waals surface area contributed by atoms with E-state index in [1.54, 1.807) is 24.3 Å². The molecule has 174 valence electrons. The first-order valence-electron chi connectivity index (χ1n) is 10.5. The fraction of sp³-hybridized carbons (Fsp3) is 0.292. The molecular weight excluding hydrogens is 480 g/mol. The van der Waals surface area contributed by atoms with Crippen LogP contribution in [-0.2, 0) is 4.79 Å². The van der Waals surface area contributed by atoms with Crippen LogP contribution >= 0.6 is 35.6 Å². The second kappa shape index (κ2) is 11.0.